The van der Waals surface area contributed by atoms with Crippen LogP contribution in [-0.4, -0.2) is 17.4 Å². The van der Waals surface area contributed by atoms with Crippen molar-refractivity contribution in [3.63, 3.8) is 0 Å². The number of hydrogen-bond acceptors (Lipinski definition) is 3. The maximum absolute atomic E-state index is 12.0. The zero-order valence-electron chi connectivity index (χ0n) is 15.9. The van der Waals surface area contributed by atoms with Gasteiger partial charge in [0.05, 0.1) is 6.20 Å². The van der Waals surface area contributed by atoms with Crippen LogP contribution in [0.1, 0.15) is 43.2 Å². The van der Waals surface area contributed by atoms with Crippen molar-refractivity contribution in [2.24, 2.45) is 0 Å². The predicted molar refractivity (Wildman–Crippen MR) is 108 cm³/mol. The molecular weight excluding hydrogens is 336 g/mol. The number of aryl methyl sites for hydroxylation is 1. The van der Waals surface area contributed by atoms with Crippen molar-refractivity contribution in [1.29, 1.82) is 0 Å². The number of oxazole rings is 1. The maximum atomic E-state index is 12.0. The summed E-state index contributed by atoms with van der Waals surface area (Å²) in [4.78, 5) is 16.3. The summed E-state index contributed by atoms with van der Waals surface area (Å²) < 4.78 is 5.80. The molecule has 0 aliphatic heterocycles. The lowest BCUT2D eigenvalue weighted by atomic mass is 10.0. The van der Waals surface area contributed by atoms with E-state index in [4.69, 9.17) is 4.42 Å². The van der Waals surface area contributed by atoms with Crippen LogP contribution in [-0.2, 0) is 17.6 Å². The van der Waals surface area contributed by atoms with Gasteiger partial charge in [-0.3, -0.25) is 4.79 Å². The fourth-order valence-electron chi connectivity index (χ4n) is 2.89. The van der Waals surface area contributed by atoms with E-state index in [0.29, 0.717) is 31.2 Å². The van der Waals surface area contributed by atoms with Crippen molar-refractivity contribution in [1.82, 2.24) is 10.3 Å². The van der Waals surface area contributed by atoms with Gasteiger partial charge in [-0.2, -0.15) is 0 Å². The Morgan fingerprint density at radius 2 is 1.78 bits per heavy atom. The van der Waals surface area contributed by atoms with Gasteiger partial charge in [0, 0.05) is 24.9 Å². The molecule has 0 bridgehead atoms. The van der Waals surface area contributed by atoms with Crippen LogP contribution in [0.4, 0.5) is 0 Å². The first-order valence-electron chi connectivity index (χ1n) is 9.47. The van der Waals surface area contributed by atoms with Crippen LogP contribution in [0.5, 0.6) is 0 Å². The molecule has 3 rings (SSSR count). The Hall–Kier alpha value is -2.88. The van der Waals surface area contributed by atoms with Crippen molar-refractivity contribution in [3.05, 3.63) is 77.8 Å². The molecule has 0 spiro atoms. The minimum absolute atomic E-state index is 0.0203. The molecule has 3 aromatic rings. The van der Waals surface area contributed by atoms with E-state index in [-0.39, 0.29) is 5.91 Å². The smallest absolute Gasteiger partial charge is 0.220 e. The number of carbonyl (C=O) groups is 1. The van der Waals surface area contributed by atoms with Crippen molar-refractivity contribution >= 4 is 5.91 Å². The molecular formula is C23H26N2O2. The highest BCUT2D eigenvalue weighted by Gasteiger charge is 2.09. The first kappa shape index (κ1) is 18.9. The lowest BCUT2D eigenvalue weighted by molar-refractivity contribution is -0.121. The minimum Gasteiger partial charge on any atom is -0.441 e. The standard InChI is InChI=1S/C23H26N2O2/c1-17(2)19-8-10-20(11-9-19)21-16-25-23(27-21)13-12-22(26)24-15-14-18-6-4-3-5-7-18/h3-11,16-17H,12-15H2,1-2H3,(H,24,26). The molecule has 0 fully saturated rings. The van der Waals surface area contributed by atoms with Crippen LogP contribution in [0.15, 0.2) is 65.2 Å². The van der Waals surface area contributed by atoms with E-state index >= 15 is 0 Å². The summed E-state index contributed by atoms with van der Waals surface area (Å²) in [6.45, 7) is 4.99. The number of benzene rings is 2. The molecule has 1 aromatic heterocycles. The van der Waals surface area contributed by atoms with E-state index in [0.717, 1.165) is 17.7 Å². The van der Waals surface area contributed by atoms with Gasteiger partial charge < -0.3 is 9.73 Å². The van der Waals surface area contributed by atoms with Crippen LogP contribution < -0.4 is 5.32 Å². The van der Waals surface area contributed by atoms with Gasteiger partial charge in [-0.1, -0.05) is 68.4 Å². The van der Waals surface area contributed by atoms with Crippen molar-refractivity contribution in [2.75, 3.05) is 6.54 Å². The summed E-state index contributed by atoms with van der Waals surface area (Å²) in [5, 5.41) is 2.95. The first-order chi connectivity index (χ1) is 13.1. The molecule has 140 valence electrons. The van der Waals surface area contributed by atoms with Gasteiger partial charge in [-0.05, 0) is 23.5 Å². The maximum Gasteiger partial charge on any atom is 0.220 e. The van der Waals surface area contributed by atoms with Gasteiger partial charge in [0.2, 0.25) is 5.91 Å². The average molecular weight is 362 g/mol. The molecule has 27 heavy (non-hydrogen) atoms. The summed E-state index contributed by atoms with van der Waals surface area (Å²) in [5.41, 5.74) is 3.52. The quantitative estimate of drug-likeness (QED) is 0.629. The molecule has 0 atom stereocenters. The van der Waals surface area contributed by atoms with Crippen molar-refractivity contribution in [3.8, 4) is 11.3 Å². The summed E-state index contributed by atoms with van der Waals surface area (Å²) in [6.07, 6.45) is 3.44. The number of amides is 1. The minimum atomic E-state index is 0.0203. The van der Waals surface area contributed by atoms with E-state index in [1.54, 1.807) is 6.20 Å². The van der Waals surface area contributed by atoms with Crippen LogP contribution >= 0.6 is 0 Å². The second-order valence-electron chi connectivity index (χ2n) is 6.98. The fraction of sp³-hybridized carbons (Fsp3) is 0.304. The third kappa shape index (κ3) is 5.55. The van der Waals surface area contributed by atoms with Crippen LogP contribution in [0.25, 0.3) is 11.3 Å². The molecule has 1 heterocycles. The lowest BCUT2D eigenvalue weighted by Gasteiger charge is -2.05. The summed E-state index contributed by atoms with van der Waals surface area (Å²) in [5.74, 6) is 1.86. The zero-order chi connectivity index (χ0) is 19.1. The number of nitrogens with one attached hydrogen (secondary N) is 1. The lowest BCUT2D eigenvalue weighted by Crippen LogP contribution is -2.25. The Labute approximate surface area is 160 Å². The molecule has 0 unspecified atom stereocenters. The van der Waals surface area contributed by atoms with Crippen LogP contribution in [0.2, 0.25) is 0 Å². The fourth-order valence-corrected chi connectivity index (χ4v) is 2.89. The van der Waals surface area contributed by atoms with Gasteiger partial charge in [0.25, 0.3) is 0 Å². The highest BCUT2D eigenvalue weighted by Crippen LogP contribution is 2.23. The van der Waals surface area contributed by atoms with Gasteiger partial charge in [-0.15, -0.1) is 0 Å². The first-order valence-corrected chi connectivity index (χ1v) is 9.47. The number of carbonyl (C=O) groups excluding carboxylic acids is 1. The molecule has 0 saturated heterocycles. The second kappa shape index (κ2) is 9.17. The summed E-state index contributed by atoms with van der Waals surface area (Å²) in [6, 6.07) is 18.5. The molecule has 1 amide bonds. The number of nitrogens with zero attached hydrogens (tertiary/aromatic N) is 1. The molecule has 2 aromatic carbocycles. The Morgan fingerprint density at radius 3 is 2.48 bits per heavy atom. The van der Waals surface area contributed by atoms with Gasteiger partial charge in [0.1, 0.15) is 0 Å². The third-order valence-corrected chi connectivity index (χ3v) is 4.56. The molecule has 0 aliphatic carbocycles. The Balaban J connectivity index is 1.45. The second-order valence-corrected chi connectivity index (χ2v) is 6.98. The molecule has 4 nitrogen and oxygen atoms in total. The van der Waals surface area contributed by atoms with Gasteiger partial charge in [-0.25, -0.2) is 4.98 Å². The topological polar surface area (TPSA) is 55.1 Å². The largest absolute Gasteiger partial charge is 0.441 e. The van der Waals surface area contributed by atoms with E-state index in [1.807, 2.05) is 18.2 Å². The van der Waals surface area contributed by atoms with E-state index in [2.05, 4.69) is 60.5 Å². The average Bonchev–Trinajstić information content (AvgIpc) is 3.16. The normalized spacial score (nSPS) is 10.9. The molecule has 1 N–H and O–H groups in total. The number of rotatable bonds is 8. The van der Waals surface area contributed by atoms with Crippen LogP contribution in [0.3, 0.4) is 0 Å². The molecule has 4 heteroatoms. The van der Waals surface area contributed by atoms with Crippen molar-refractivity contribution in [2.45, 2.75) is 39.0 Å². The Bertz CT molecular complexity index is 852. The summed E-state index contributed by atoms with van der Waals surface area (Å²) in [7, 11) is 0. The molecule has 0 radical (unpaired) electrons. The van der Waals surface area contributed by atoms with E-state index in [1.165, 1.54) is 11.1 Å². The molecule has 0 saturated carbocycles. The van der Waals surface area contributed by atoms with Gasteiger partial charge in [0.15, 0.2) is 11.7 Å². The third-order valence-electron chi connectivity index (χ3n) is 4.56. The van der Waals surface area contributed by atoms with E-state index in [9.17, 15) is 4.79 Å². The van der Waals surface area contributed by atoms with Crippen LogP contribution in [0, 0.1) is 0 Å². The Kier molecular flexibility index (Phi) is 6.42. The molecule has 0 aliphatic rings. The zero-order valence-corrected chi connectivity index (χ0v) is 15.9. The highest BCUT2D eigenvalue weighted by atomic mass is 16.4. The predicted octanol–water partition coefficient (Wildman–Crippen LogP) is 4.76. The van der Waals surface area contributed by atoms with E-state index < -0.39 is 0 Å². The summed E-state index contributed by atoms with van der Waals surface area (Å²) >= 11 is 0. The van der Waals surface area contributed by atoms with Crippen molar-refractivity contribution < 1.29 is 9.21 Å². The number of aromatic nitrogens is 1. The van der Waals surface area contributed by atoms with Gasteiger partial charge >= 0.3 is 0 Å². The SMILES string of the molecule is CC(C)c1ccc(-c2cnc(CCC(=O)NCCc3ccccc3)o2)cc1. The monoisotopic (exact) mass is 362 g/mol. The number of hydrogen-bond donors (Lipinski definition) is 1. The Morgan fingerprint density at radius 1 is 1.04 bits per heavy atom. The highest BCUT2D eigenvalue weighted by molar-refractivity contribution is 5.76.